The SMILES string of the molecule is CCN1C(=O)S/C(=C\c2ccc(-c3ccc(Cl)c([N+](=O)[O-])c3)o2)C1=O. The van der Waals surface area contributed by atoms with Crippen LogP contribution in [0, 0.1) is 10.1 Å². The fourth-order valence-electron chi connectivity index (χ4n) is 2.29. The van der Waals surface area contributed by atoms with Crippen LogP contribution in [-0.2, 0) is 4.79 Å². The molecule has 0 spiro atoms. The lowest BCUT2D eigenvalue weighted by Gasteiger charge is -2.06. The van der Waals surface area contributed by atoms with Gasteiger partial charge in [-0.1, -0.05) is 11.6 Å². The molecule has 0 atom stereocenters. The third-order valence-corrected chi connectivity index (χ3v) is 4.74. The van der Waals surface area contributed by atoms with Crippen molar-refractivity contribution < 1.29 is 18.9 Å². The number of carbonyl (C=O) groups excluding carboxylic acids is 2. The maximum absolute atomic E-state index is 12.1. The van der Waals surface area contributed by atoms with Crippen molar-refractivity contribution in [3.63, 3.8) is 0 Å². The maximum atomic E-state index is 12.1. The van der Waals surface area contributed by atoms with Crippen molar-refractivity contribution in [2.45, 2.75) is 6.92 Å². The first-order valence-electron chi connectivity index (χ1n) is 7.20. The number of rotatable bonds is 4. The van der Waals surface area contributed by atoms with Crippen molar-refractivity contribution in [1.82, 2.24) is 4.90 Å². The van der Waals surface area contributed by atoms with Gasteiger partial charge in [0, 0.05) is 24.3 Å². The molecule has 1 aliphatic rings. The Kier molecular flexibility index (Phi) is 4.65. The molecule has 7 nitrogen and oxygen atoms in total. The number of nitro benzene ring substituents is 1. The Morgan fingerprint density at radius 3 is 2.72 bits per heavy atom. The van der Waals surface area contributed by atoms with Crippen molar-refractivity contribution in [1.29, 1.82) is 0 Å². The van der Waals surface area contributed by atoms with E-state index in [-0.39, 0.29) is 26.8 Å². The summed E-state index contributed by atoms with van der Waals surface area (Å²) in [6, 6.07) is 7.58. The van der Waals surface area contributed by atoms with E-state index in [1.54, 1.807) is 25.1 Å². The number of thioether (sulfide) groups is 1. The molecule has 0 bridgehead atoms. The minimum Gasteiger partial charge on any atom is -0.457 e. The largest absolute Gasteiger partial charge is 0.457 e. The Hall–Kier alpha value is -2.58. The minimum atomic E-state index is -0.573. The third kappa shape index (κ3) is 3.31. The first kappa shape index (κ1) is 17.2. The molecule has 2 heterocycles. The molecular weight excluding hydrogens is 368 g/mol. The predicted octanol–water partition coefficient (Wildman–Crippen LogP) is 4.56. The van der Waals surface area contributed by atoms with Crippen LogP contribution in [0.1, 0.15) is 12.7 Å². The smallest absolute Gasteiger partial charge is 0.293 e. The van der Waals surface area contributed by atoms with Gasteiger partial charge >= 0.3 is 0 Å². The van der Waals surface area contributed by atoms with Gasteiger partial charge in [0.05, 0.1) is 9.83 Å². The van der Waals surface area contributed by atoms with Gasteiger partial charge in [0.2, 0.25) is 0 Å². The molecule has 128 valence electrons. The zero-order valence-electron chi connectivity index (χ0n) is 12.9. The van der Waals surface area contributed by atoms with Crippen LogP contribution in [0.25, 0.3) is 17.4 Å². The van der Waals surface area contributed by atoms with Crippen molar-refractivity contribution >= 4 is 46.3 Å². The van der Waals surface area contributed by atoms with Crippen LogP contribution in [0.15, 0.2) is 39.7 Å². The maximum Gasteiger partial charge on any atom is 0.293 e. The quantitative estimate of drug-likeness (QED) is 0.439. The molecular formula is C16H11ClN2O5S. The zero-order valence-corrected chi connectivity index (χ0v) is 14.5. The molecule has 25 heavy (non-hydrogen) atoms. The van der Waals surface area contributed by atoms with Crippen LogP contribution in [0.5, 0.6) is 0 Å². The van der Waals surface area contributed by atoms with Gasteiger partial charge in [0.25, 0.3) is 16.8 Å². The van der Waals surface area contributed by atoms with Gasteiger partial charge in [-0.25, -0.2) is 0 Å². The van der Waals surface area contributed by atoms with E-state index in [0.29, 0.717) is 23.6 Å². The van der Waals surface area contributed by atoms with Crippen molar-refractivity contribution in [2.24, 2.45) is 0 Å². The molecule has 3 rings (SSSR count). The van der Waals surface area contributed by atoms with E-state index >= 15 is 0 Å². The zero-order chi connectivity index (χ0) is 18.1. The first-order chi connectivity index (χ1) is 11.9. The molecule has 1 aliphatic heterocycles. The molecule has 0 saturated carbocycles. The number of carbonyl (C=O) groups is 2. The van der Waals surface area contributed by atoms with Gasteiger partial charge in [0.1, 0.15) is 16.5 Å². The number of imide groups is 1. The number of likely N-dealkylation sites (N-methyl/N-ethyl adjacent to an activating group) is 1. The summed E-state index contributed by atoms with van der Waals surface area (Å²) in [6.45, 7) is 2.03. The highest BCUT2D eigenvalue weighted by Crippen LogP contribution is 2.34. The highest BCUT2D eigenvalue weighted by atomic mass is 35.5. The average molecular weight is 379 g/mol. The molecule has 9 heteroatoms. The van der Waals surface area contributed by atoms with Gasteiger partial charge in [0.15, 0.2) is 0 Å². The summed E-state index contributed by atoms with van der Waals surface area (Å²) in [5.74, 6) is 0.396. The van der Waals surface area contributed by atoms with Crippen LogP contribution < -0.4 is 0 Å². The molecule has 1 aromatic heterocycles. The lowest BCUT2D eigenvalue weighted by Crippen LogP contribution is -2.27. The number of hydrogen-bond acceptors (Lipinski definition) is 6. The molecule has 1 fully saturated rings. The second-order valence-corrected chi connectivity index (χ2v) is 6.45. The van der Waals surface area contributed by atoms with Crippen LogP contribution in [0.3, 0.4) is 0 Å². The number of hydrogen-bond donors (Lipinski definition) is 0. The fourth-order valence-corrected chi connectivity index (χ4v) is 3.36. The molecule has 1 aromatic carbocycles. The monoisotopic (exact) mass is 378 g/mol. The standard InChI is InChI=1S/C16H11ClN2O5S/c1-2-18-15(20)14(25-16(18)21)8-10-4-6-13(24-10)9-3-5-11(17)12(7-9)19(22)23/h3-8H,2H2,1H3/b14-8-. The normalized spacial score (nSPS) is 16.1. The minimum absolute atomic E-state index is 0.0359. The molecule has 1 saturated heterocycles. The van der Waals surface area contributed by atoms with Crippen LogP contribution in [-0.4, -0.2) is 27.5 Å². The molecule has 2 aromatic rings. The molecule has 0 aliphatic carbocycles. The number of amides is 2. The van der Waals surface area contributed by atoms with Gasteiger partial charge in [-0.3, -0.25) is 24.6 Å². The van der Waals surface area contributed by atoms with E-state index in [2.05, 4.69) is 0 Å². The fraction of sp³-hybridized carbons (Fsp3) is 0.125. The van der Waals surface area contributed by atoms with Crippen LogP contribution in [0.4, 0.5) is 10.5 Å². The molecule has 2 amide bonds. The second kappa shape index (κ2) is 6.73. The third-order valence-electron chi connectivity index (χ3n) is 3.52. The Morgan fingerprint density at radius 2 is 2.08 bits per heavy atom. The van der Waals surface area contributed by atoms with Crippen molar-refractivity contribution in [3.05, 3.63) is 56.1 Å². The number of benzene rings is 1. The van der Waals surface area contributed by atoms with Gasteiger partial charge in [-0.15, -0.1) is 0 Å². The van der Waals surface area contributed by atoms with E-state index in [4.69, 9.17) is 16.0 Å². The van der Waals surface area contributed by atoms with Crippen molar-refractivity contribution in [2.75, 3.05) is 6.54 Å². The lowest BCUT2D eigenvalue weighted by molar-refractivity contribution is -0.384. The van der Waals surface area contributed by atoms with E-state index in [0.717, 1.165) is 16.7 Å². The first-order valence-corrected chi connectivity index (χ1v) is 8.39. The predicted molar refractivity (Wildman–Crippen MR) is 94.2 cm³/mol. The Balaban J connectivity index is 1.90. The summed E-state index contributed by atoms with van der Waals surface area (Å²) in [6.07, 6.45) is 1.48. The highest BCUT2D eigenvalue weighted by Gasteiger charge is 2.33. The number of nitro groups is 1. The lowest BCUT2D eigenvalue weighted by atomic mass is 10.1. The Labute approximate surface area is 151 Å². The second-order valence-electron chi connectivity index (χ2n) is 5.05. The van der Waals surface area contributed by atoms with E-state index < -0.39 is 4.92 Å². The average Bonchev–Trinajstić information content (AvgIpc) is 3.13. The van der Waals surface area contributed by atoms with E-state index in [1.165, 1.54) is 18.2 Å². The highest BCUT2D eigenvalue weighted by molar-refractivity contribution is 8.18. The van der Waals surface area contributed by atoms with Crippen molar-refractivity contribution in [3.8, 4) is 11.3 Å². The summed E-state index contributed by atoms with van der Waals surface area (Å²) in [5, 5.41) is 10.7. The number of furan rings is 1. The van der Waals surface area contributed by atoms with Gasteiger partial charge in [-0.05, 0) is 43.0 Å². The van der Waals surface area contributed by atoms with Gasteiger partial charge in [-0.2, -0.15) is 0 Å². The summed E-state index contributed by atoms with van der Waals surface area (Å²) < 4.78 is 5.62. The Morgan fingerprint density at radius 1 is 1.32 bits per heavy atom. The van der Waals surface area contributed by atoms with Crippen LogP contribution >= 0.6 is 23.4 Å². The van der Waals surface area contributed by atoms with Gasteiger partial charge < -0.3 is 4.42 Å². The summed E-state index contributed by atoms with van der Waals surface area (Å²) in [7, 11) is 0. The van der Waals surface area contributed by atoms with E-state index in [1.807, 2.05) is 0 Å². The topological polar surface area (TPSA) is 93.7 Å². The van der Waals surface area contributed by atoms with Crippen LogP contribution in [0.2, 0.25) is 5.02 Å². The molecule has 0 N–H and O–H groups in total. The summed E-state index contributed by atoms with van der Waals surface area (Å²) in [5.41, 5.74) is 0.263. The molecule has 0 radical (unpaired) electrons. The van der Waals surface area contributed by atoms with E-state index in [9.17, 15) is 19.7 Å². The summed E-state index contributed by atoms with van der Waals surface area (Å²) >= 11 is 6.64. The Bertz CT molecular complexity index is 921. The molecule has 0 unspecified atom stereocenters. The summed E-state index contributed by atoms with van der Waals surface area (Å²) in [4.78, 5) is 35.6. The number of halogens is 1. The number of nitrogens with zero attached hydrogens (tertiary/aromatic N) is 2.